The Hall–Kier alpha value is -1.30. The summed E-state index contributed by atoms with van der Waals surface area (Å²) in [6, 6.07) is 7.11. The number of rotatable bonds is 5. The fourth-order valence-electron chi connectivity index (χ4n) is 2.59. The highest BCUT2D eigenvalue weighted by Gasteiger charge is 2.27. The largest absolute Gasteiger partial charge is 0.497 e. The second kappa shape index (κ2) is 8.98. The highest BCUT2D eigenvalue weighted by Crippen LogP contribution is 2.21. The normalized spacial score (nSPS) is 18.0. The zero-order valence-electron chi connectivity index (χ0n) is 13.1. The highest BCUT2D eigenvalue weighted by molar-refractivity contribution is 5.85. The summed E-state index contributed by atoms with van der Waals surface area (Å²) in [6.07, 6.45) is 1.70. The van der Waals surface area contributed by atoms with E-state index in [1.165, 1.54) is 0 Å². The van der Waals surface area contributed by atoms with Crippen molar-refractivity contribution in [3.8, 4) is 5.75 Å². The Bertz CT molecular complexity index is 478. The molecule has 2 rings (SSSR count). The number of methoxy groups -OCH3 is 1. The minimum absolute atomic E-state index is 0. The highest BCUT2D eigenvalue weighted by atomic mass is 35.5. The molecule has 2 atom stereocenters. The van der Waals surface area contributed by atoms with E-state index in [4.69, 9.17) is 15.2 Å². The lowest BCUT2D eigenvalue weighted by Crippen LogP contribution is -2.47. The molecule has 0 aromatic heterocycles. The molecule has 1 heterocycles. The summed E-state index contributed by atoms with van der Waals surface area (Å²) in [6.45, 7) is 3.33. The smallest absolute Gasteiger partial charge is 0.237 e. The van der Waals surface area contributed by atoms with Crippen molar-refractivity contribution in [2.75, 3.05) is 20.3 Å². The van der Waals surface area contributed by atoms with E-state index in [1.54, 1.807) is 7.11 Å². The maximum atomic E-state index is 12.3. The van der Waals surface area contributed by atoms with Crippen LogP contribution in [0.3, 0.4) is 0 Å². The number of ether oxygens (including phenoxy) is 2. The minimum Gasteiger partial charge on any atom is -0.497 e. The maximum absolute atomic E-state index is 12.3. The number of halogens is 1. The molecule has 22 heavy (non-hydrogen) atoms. The Morgan fingerprint density at radius 1 is 1.41 bits per heavy atom. The summed E-state index contributed by atoms with van der Waals surface area (Å²) in [4.78, 5) is 12.3. The number of carbonyl (C=O) groups excluding carboxylic acids is 1. The van der Waals surface area contributed by atoms with E-state index >= 15 is 0 Å². The third kappa shape index (κ3) is 4.87. The molecule has 2 unspecified atom stereocenters. The van der Waals surface area contributed by atoms with Gasteiger partial charge in [-0.1, -0.05) is 12.1 Å². The molecular formula is C16H25ClN2O3. The Morgan fingerprint density at radius 3 is 2.73 bits per heavy atom. The van der Waals surface area contributed by atoms with Crippen molar-refractivity contribution in [3.63, 3.8) is 0 Å². The van der Waals surface area contributed by atoms with Crippen molar-refractivity contribution in [1.82, 2.24) is 5.32 Å². The molecule has 1 fully saturated rings. The van der Waals surface area contributed by atoms with Gasteiger partial charge in [-0.2, -0.15) is 0 Å². The Kier molecular flexibility index (Phi) is 7.65. The molecule has 0 aliphatic carbocycles. The van der Waals surface area contributed by atoms with Gasteiger partial charge in [0, 0.05) is 13.2 Å². The lowest BCUT2D eigenvalue weighted by molar-refractivity contribution is -0.125. The molecular weight excluding hydrogens is 304 g/mol. The molecule has 6 heteroatoms. The Morgan fingerprint density at radius 2 is 2.09 bits per heavy atom. The monoisotopic (exact) mass is 328 g/mol. The second-order valence-corrected chi connectivity index (χ2v) is 5.48. The van der Waals surface area contributed by atoms with E-state index < -0.39 is 6.04 Å². The average molecular weight is 329 g/mol. The summed E-state index contributed by atoms with van der Waals surface area (Å²) >= 11 is 0. The summed E-state index contributed by atoms with van der Waals surface area (Å²) < 4.78 is 10.5. The van der Waals surface area contributed by atoms with Crippen molar-refractivity contribution in [1.29, 1.82) is 0 Å². The molecule has 1 saturated heterocycles. The summed E-state index contributed by atoms with van der Waals surface area (Å²) in [5.74, 6) is 0.885. The fraction of sp³-hybridized carbons (Fsp3) is 0.562. The van der Waals surface area contributed by atoms with Gasteiger partial charge < -0.3 is 20.5 Å². The molecule has 3 N–H and O–H groups in total. The van der Waals surface area contributed by atoms with Gasteiger partial charge in [-0.3, -0.25) is 4.79 Å². The molecule has 1 aliphatic heterocycles. The molecule has 0 spiro atoms. The Balaban J connectivity index is 0.00000242. The third-order valence-corrected chi connectivity index (χ3v) is 4.03. The van der Waals surface area contributed by atoms with Crippen LogP contribution in [0.5, 0.6) is 5.75 Å². The standard InChI is InChI=1S/C16H24N2O3.ClH/c1-11(13-4-3-5-14(10-13)20-2)18-16(19)15(17)12-6-8-21-9-7-12;/h3-5,10-12,15H,6-9,17H2,1-2H3,(H,18,19);1H. The molecule has 1 aromatic rings. The van der Waals surface area contributed by atoms with E-state index in [0.717, 1.165) is 24.2 Å². The third-order valence-electron chi connectivity index (χ3n) is 4.03. The first-order valence-corrected chi connectivity index (χ1v) is 7.39. The summed E-state index contributed by atoms with van der Waals surface area (Å²) in [5, 5.41) is 2.98. The van der Waals surface area contributed by atoms with Crippen molar-refractivity contribution in [2.24, 2.45) is 11.7 Å². The van der Waals surface area contributed by atoms with Gasteiger partial charge in [0.2, 0.25) is 5.91 Å². The van der Waals surface area contributed by atoms with Crippen molar-refractivity contribution >= 4 is 18.3 Å². The van der Waals surface area contributed by atoms with Crippen LogP contribution >= 0.6 is 12.4 Å². The van der Waals surface area contributed by atoms with Gasteiger partial charge >= 0.3 is 0 Å². The van der Waals surface area contributed by atoms with E-state index in [1.807, 2.05) is 31.2 Å². The minimum atomic E-state index is -0.470. The van der Waals surface area contributed by atoms with Gasteiger partial charge in [0.25, 0.3) is 0 Å². The van der Waals surface area contributed by atoms with E-state index in [0.29, 0.717) is 13.2 Å². The number of nitrogens with two attached hydrogens (primary N) is 1. The van der Waals surface area contributed by atoms with Crippen LogP contribution in [0, 0.1) is 5.92 Å². The maximum Gasteiger partial charge on any atom is 0.237 e. The molecule has 1 amide bonds. The van der Waals surface area contributed by atoms with Crippen LogP contribution in [0.15, 0.2) is 24.3 Å². The molecule has 124 valence electrons. The molecule has 1 aromatic carbocycles. The predicted molar refractivity (Wildman–Crippen MR) is 88.3 cm³/mol. The quantitative estimate of drug-likeness (QED) is 0.867. The average Bonchev–Trinajstić information content (AvgIpc) is 2.54. The summed E-state index contributed by atoms with van der Waals surface area (Å²) in [5.41, 5.74) is 7.08. The Labute approximate surface area is 138 Å². The zero-order chi connectivity index (χ0) is 15.2. The van der Waals surface area contributed by atoms with E-state index in [9.17, 15) is 4.79 Å². The van der Waals surface area contributed by atoms with Crippen LogP contribution in [0.1, 0.15) is 31.4 Å². The van der Waals surface area contributed by atoms with Crippen LogP contribution in [-0.2, 0) is 9.53 Å². The van der Waals surface area contributed by atoms with Crippen LogP contribution in [-0.4, -0.2) is 32.3 Å². The molecule has 0 saturated carbocycles. The van der Waals surface area contributed by atoms with E-state index in [2.05, 4.69) is 5.32 Å². The zero-order valence-corrected chi connectivity index (χ0v) is 13.9. The fourth-order valence-corrected chi connectivity index (χ4v) is 2.59. The molecule has 1 aliphatic rings. The van der Waals surface area contributed by atoms with Crippen LogP contribution in [0.4, 0.5) is 0 Å². The first-order valence-electron chi connectivity index (χ1n) is 7.39. The lowest BCUT2D eigenvalue weighted by atomic mass is 9.91. The molecule has 0 bridgehead atoms. The van der Waals surface area contributed by atoms with Gasteiger partial charge in [0.1, 0.15) is 5.75 Å². The number of amides is 1. The SMILES string of the molecule is COc1cccc(C(C)NC(=O)C(N)C2CCOCC2)c1.Cl. The van der Waals surface area contributed by atoms with Crippen molar-refractivity contribution in [2.45, 2.75) is 31.8 Å². The number of hydrogen-bond donors (Lipinski definition) is 2. The van der Waals surface area contributed by atoms with E-state index in [-0.39, 0.29) is 30.3 Å². The lowest BCUT2D eigenvalue weighted by Gasteiger charge is -2.28. The summed E-state index contributed by atoms with van der Waals surface area (Å²) in [7, 11) is 1.63. The van der Waals surface area contributed by atoms with Gasteiger partial charge in [-0.05, 0) is 43.4 Å². The first-order chi connectivity index (χ1) is 10.1. The number of nitrogens with one attached hydrogen (secondary N) is 1. The molecule has 5 nitrogen and oxygen atoms in total. The van der Waals surface area contributed by atoms with Crippen LogP contribution in [0.2, 0.25) is 0 Å². The van der Waals surface area contributed by atoms with Crippen molar-refractivity contribution in [3.05, 3.63) is 29.8 Å². The first kappa shape index (κ1) is 18.7. The predicted octanol–water partition coefficient (Wildman–Crippen LogP) is 2.05. The van der Waals surface area contributed by atoms with Gasteiger partial charge in [-0.25, -0.2) is 0 Å². The van der Waals surface area contributed by atoms with Gasteiger partial charge in [0.05, 0.1) is 19.2 Å². The number of carbonyl (C=O) groups is 1. The number of hydrogen-bond acceptors (Lipinski definition) is 4. The van der Waals surface area contributed by atoms with Crippen LogP contribution < -0.4 is 15.8 Å². The molecule has 0 radical (unpaired) electrons. The topological polar surface area (TPSA) is 73.6 Å². The van der Waals surface area contributed by atoms with Gasteiger partial charge in [0.15, 0.2) is 0 Å². The number of benzene rings is 1. The second-order valence-electron chi connectivity index (χ2n) is 5.48. The van der Waals surface area contributed by atoms with Gasteiger partial charge in [-0.15, -0.1) is 12.4 Å². The van der Waals surface area contributed by atoms with Crippen LogP contribution in [0.25, 0.3) is 0 Å². The van der Waals surface area contributed by atoms with Crippen molar-refractivity contribution < 1.29 is 14.3 Å².